The Morgan fingerprint density at radius 1 is 1.19 bits per heavy atom. The number of pyridine rings is 1. The molecule has 1 aliphatic heterocycles. The molecule has 0 N–H and O–H groups in total. The van der Waals surface area contributed by atoms with E-state index < -0.39 is 11.7 Å². The van der Waals surface area contributed by atoms with Gasteiger partial charge < -0.3 is 13.9 Å². The number of fused-ring (bicyclic) bond motifs is 1. The van der Waals surface area contributed by atoms with Crippen molar-refractivity contribution in [3.63, 3.8) is 0 Å². The number of rotatable bonds is 4. The number of halogens is 3. The van der Waals surface area contributed by atoms with Crippen molar-refractivity contribution in [3.8, 4) is 0 Å². The van der Waals surface area contributed by atoms with E-state index in [0.717, 1.165) is 6.07 Å². The van der Waals surface area contributed by atoms with Gasteiger partial charge in [-0.05, 0) is 31.2 Å². The van der Waals surface area contributed by atoms with Gasteiger partial charge in [0.2, 0.25) is 5.76 Å². The molecule has 3 aromatic heterocycles. The van der Waals surface area contributed by atoms with Crippen LogP contribution in [0.15, 0.2) is 21.2 Å². The van der Waals surface area contributed by atoms with E-state index >= 15 is 0 Å². The molecule has 3 aromatic rings. The van der Waals surface area contributed by atoms with E-state index in [1.54, 1.807) is 17.9 Å². The number of nitrogens with zero attached hydrogens (tertiary/aromatic N) is 4. The molecule has 4 rings (SSSR count). The van der Waals surface area contributed by atoms with Crippen molar-refractivity contribution in [1.82, 2.24) is 20.2 Å². The Morgan fingerprint density at radius 3 is 2.48 bits per heavy atom. The summed E-state index contributed by atoms with van der Waals surface area (Å²) < 4.78 is 51.5. The number of carbonyl (C=O) groups is 1. The SMILES string of the molecule is CCc1cc(C(F)(F)F)c2c(C3CCN(C(=O)c4cc(C(C)C)no4)CC3)noc2n1. The summed E-state index contributed by atoms with van der Waals surface area (Å²) in [6.45, 7) is 6.38. The Kier molecular flexibility index (Phi) is 5.49. The third kappa shape index (κ3) is 4.03. The van der Waals surface area contributed by atoms with Crippen LogP contribution in [0.25, 0.3) is 11.1 Å². The van der Waals surface area contributed by atoms with E-state index in [-0.39, 0.29) is 40.3 Å². The molecule has 1 aliphatic rings. The van der Waals surface area contributed by atoms with Crippen LogP contribution in [0.5, 0.6) is 0 Å². The Bertz CT molecular complexity index is 1100. The van der Waals surface area contributed by atoms with Crippen LogP contribution in [0.4, 0.5) is 13.2 Å². The number of hydrogen-bond acceptors (Lipinski definition) is 6. The molecule has 1 fully saturated rings. The maximum atomic E-state index is 13.7. The number of likely N-dealkylation sites (tertiary alicyclic amines) is 1. The van der Waals surface area contributed by atoms with Crippen LogP contribution >= 0.6 is 0 Å². The van der Waals surface area contributed by atoms with Crippen molar-refractivity contribution in [3.05, 3.63) is 40.5 Å². The van der Waals surface area contributed by atoms with Crippen LogP contribution in [0.1, 0.15) is 78.6 Å². The first-order chi connectivity index (χ1) is 14.7. The van der Waals surface area contributed by atoms with Crippen LogP contribution in [0.3, 0.4) is 0 Å². The van der Waals surface area contributed by atoms with Gasteiger partial charge in [-0.25, -0.2) is 4.98 Å². The summed E-state index contributed by atoms with van der Waals surface area (Å²) in [7, 11) is 0. The quantitative estimate of drug-likeness (QED) is 0.576. The second-order valence-electron chi connectivity index (χ2n) is 8.10. The van der Waals surface area contributed by atoms with Gasteiger partial charge in [-0.15, -0.1) is 0 Å². The lowest BCUT2D eigenvalue weighted by atomic mass is 9.90. The van der Waals surface area contributed by atoms with Crippen molar-refractivity contribution in [2.75, 3.05) is 13.1 Å². The van der Waals surface area contributed by atoms with Crippen molar-refractivity contribution < 1.29 is 27.0 Å². The van der Waals surface area contributed by atoms with Gasteiger partial charge in [-0.1, -0.05) is 31.1 Å². The molecule has 0 radical (unpaired) electrons. The molecule has 0 unspecified atom stereocenters. The molecule has 1 saturated heterocycles. The topological polar surface area (TPSA) is 85.3 Å². The van der Waals surface area contributed by atoms with Crippen molar-refractivity contribution in [2.45, 2.75) is 58.0 Å². The van der Waals surface area contributed by atoms with Crippen LogP contribution in [0.2, 0.25) is 0 Å². The van der Waals surface area contributed by atoms with E-state index in [1.807, 2.05) is 13.8 Å². The zero-order valence-corrected chi connectivity index (χ0v) is 17.5. The van der Waals surface area contributed by atoms with Crippen molar-refractivity contribution >= 4 is 17.0 Å². The van der Waals surface area contributed by atoms with Crippen molar-refractivity contribution in [1.29, 1.82) is 0 Å². The Morgan fingerprint density at radius 2 is 1.90 bits per heavy atom. The molecule has 0 bridgehead atoms. The monoisotopic (exact) mass is 436 g/mol. The lowest BCUT2D eigenvalue weighted by Gasteiger charge is -2.30. The molecule has 10 heteroatoms. The molecule has 0 saturated carbocycles. The summed E-state index contributed by atoms with van der Waals surface area (Å²) >= 11 is 0. The number of piperidine rings is 1. The first-order valence-corrected chi connectivity index (χ1v) is 10.3. The first-order valence-electron chi connectivity index (χ1n) is 10.3. The molecule has 0 atom stereocenters. The maximum absolute atomic E-state index is 13.7. The average Bonchev–Trinajstić information content (AvgIpc) is 3.39. The van der Waals surface area contributed by atoms with E-state index in [2.05, 4.69) is 15.3 Å². The van der Waals surface area contributed by atoms with Gasteiger partial charge in [-0.3, -0.25) is 4.79 Å². The molecule has 0 spiro atoms. The zero-order chi connectivity index (χ0) is 22.3. The van der Waals surface area contributed by atoms with E-state index in [9.17, 15) is 18.0 Å². The number of aryl methyl sites for hydroxylation is 1. The summed E-state index contributed by atoms with van der Waals surface area (Å²) in [6.07, 6.45) is -3.26. The lowest BCUT2D eigenvalue weighted by molar-refractivity contribution is -0.136. The van der Waals surface area contributed by atoms with Gasteiger partial charge >= 0.3 is 6.18 Å². The predicted molar refractivity (Wildman–Crippen MR) is 105 cm³/mol. The van der Waals surface area contributed by atoms with Gasteiger partial charge in [-0.2, -0.15) is 13.2 Å². The molecule has 7 nitrogen and oxygen atoms in total. The van der Waals surface area contributed by atoms with Crippen LogP contribution in [-0.4, -0.2) is 39.2 Å². The predicted octanol–water partition coefficient (Wildman–Crippen LogP) is 4.94. The number of alkyl halides is 3. The minimum atomic E-state index is -4.54. The largest absolute Gasteiger partial charge is 0.417 e. The molecule has 1 amide bonds. The Hall–Kier alpha value is -2.91. The third-order valence-electron chi connectivity index (χ3n) is 5.69. The second-order valence-corrected chi connectivity index (χ2v) is 8.10. The second kappa shape index (κ2) is 7.97. The number of carbonyl (C=O) groups excluding carboxylic acids is 1. The van der Waals surface area contributed by atoms with Crippen LogP contribution < -0.4 is 0 Å². The number of aromatic nitrogens is 3. The summed E-state index contributed by atoms with van der Waals surface area (Å²) in [4.78, 5) is 18.5. The standard InChI is InChI=1S/C21H23F3N4O3/c1-4-13-9-14(21(22,23)24)17-18(27-31-19(17)25-13)12-5-7-28(8-6-12)20(29)16-10-15(11(2)3)26-30-16/h9-12H,4-8H2,1-3H3. The highest BCUT2D eigenvalue weighted by Gasteiger charge is 2.38. The minimum Gasteiger partial charge on any atom is -0.351 e. The summed E-state index contributed by atoms with van der Waals surface area (Å²) in [5.74, 6) is -0.222. The van der Waals surface area contributed by atoms with Crippen LogP contribution in [0, 0.1) is 0 Å². The molecule has 0 aliphatic carbocycles. The van der Waals surface area contributed by atoms with Crippen LogP contribution in [-0.2, 0) is 12.6 Å². The lowest BCUT2D eigenvalue weighted by Crippen LogP contribution is -2.37. The maximum Gasteiger partial charge on any atom is 0.417 e. The van der Waals surface area contributed by atoms with Gasteiger partial charge in [0.1, 0.15) is 0 Å². The normalized spacial score (nSPS) is 15.9. The first kappa shape index (κ1) is 21.3. The average molecular weight is 436 g/mol. The summed E-state index contributed by atoms with van der Waals surface area (Å²) in [5.41, 5.74) is 0.392. The van der Waals surface area contributed by atoms with Gasteiger partial charge in [0.25, 0.3) is 11.6 Å². The fourth-order valence-corrected chi connectivity index (χ4v) is 3.88. The summed E-state index contributed by atoms with van der Waals surface area (Å²) in [6, 6.07) is 2.70. The van der Waals surface area contributed by atoms with Gasteiger partial charge in [0, 0.05) is 30.8 Å². The Balaban J connectivity index is 1.55. The highest BCUT2D eigenvalue weighted by atomic mass is 19.4. The van der Waals surface area contributed by atoms with Crippen molar-refractivity contribution in [2.24, 2.45) is 0 Å². The fourth-order valence-electron chi connectivity index (χ4n) is 3.88. The molecule has 31 heavy (non-hydrogen) atoms. The van der Waals surface area contributed by atoms with E-state index in [4.69, 9.17) is 9.05 Å². The zero-order valence-electron chi connectivity index (χ0n) is 17.5. The molecular formula is C21H23F3N4O3. The third-order valence-corrected chi connectivity index (χ3v) is 5.69. The number of amides is 1. The highest BCUT2D eigenvalue weighted by Crippen LogP contribution is 2.40. The van der Waals surface area contributed by atoms with E-state index in [1.165, 1.54) is 0 Å². The van der Waals surface area contributed by atoms with E-state index in [0.29, 0.717) is 43.7 Å². The van der Waals surface area contributed by atoms with Gasteiger partial charge in [0.15, 0.2) is 0 Å². The minimum absolute atomic E-state index is 0.0775. The summed E-state index contributed by atoms with van der Waals surface area (Å²) in [5, 5.41) is 7.78. The molecule has 0 aromatic carbocycles. The fraction of sp³-hybridized carbons (Fsp3) is 0.524. The smallest absolute Gasteiger partial charge is 0.351 e. The molecular weight excluding hydrogens is 413 g/mol. The van der Waals surface area contributed by atoms with Gasteiger partial charge in [0.05, 0.1) is 22.3 Å². The molecule has 166 valence electrons. The molecule has 4 heterocycles. The number of hydrogen-bond donors (Lipinski definition) is 0. The Labute approximate surface area is 176 Å². The highest BCUT2D eigenvalue weighted by molar-refractivity contribution is 5.91.